The van der Waals surface area contributed by atoms with Crippen molar-refractivity contribution >= 4 is 5.97 Å². The third-order valence-corrected chi connectivity index (χ3v) is 2.34. The second-order valence-electron chi connectivity index (χ2n) is 3.64. The second kappa shape index (κ2) is 9.10. The maximum atomic E-state index is 11.7. The highest BCUT2D eigenvalue weighted by Gasteiger charge is 2.08. The number of carbonyl (C=O) groups is 1. The molecule has 21 heavy (non-hydrogen) atoms. The normalized spacial score (nSPS) is 8.81. The molecule has 2 rings (SSSR count). The number of hydrogen-bond donors (Lipinski definition) is 0. The fourth-order valence-electron chi connectivity index (χ4n) is 1.41. The van der Waals surface area contributed by atoms with Crippen LogP contribution in [0.4, 0.5) is 0 Å². The predicted molar refractivity (Wildman–Crippen MR) is 77.4 cm³/mol. The molecule has 0 atom stereocenters. The van der Waals surface area contributed by atoms with Crippen molar-refractivity contribution in [2.75, 3.05) is 0 Å². The first-order chi connectivity index (χ1) is 10.3. The first kappa shape index (κ1) is 16.2. The van der Waals surface area contributed by atoms with E-state index in [4.69, 9.17) is 10.00 Å². The van der Waals surface area contributed by atoms with Crippen molar-refractivity contribution in [1.29, 1.82) is 5.26 Å². The summed E-state index contributed by atoms with van der Waals surface area (Å²) >= 11 is 0. The smallest absolute Gasteiger partial charge is 0.340 e. The van der Waals surface area contributed by atoms with Gasteiger partial charge in [-0.1, -0.05) is 44.2 Å². The van der Waals surface area contributed by atoms with Gasteiger partial charge in [0, 0.05) is 12.3 Å². The van der Waals surface area contributed by atoms with E-state index in [2.05, 4.69) is 9.72 Å². The summed E-state index contributed by atoms with van der Waals surface area (Å²) in [6, 6.07) is 12.3. The van der Waals surface area contributed by atoms with E-state index in [-0.39, 0.29) is 12.5 Å². The van der Waals surface area contributed by atoms with E-state index in [0.29, 0.717) is 5.56 Å². The lowest BCUT2D eigenvalue weighted by Crippen LogP contribution is -2.05. The molecule has 1 aromatic carbocycles. The molecule has 0 N–H and O–H groups in total. The minimum Gasteiger partial charge on any atom is -0.457 e. The highest BCUT2D eigenvalue weighted by molar-refractivity contribution is 5.89. The Labute approximate surface area is 123 Å². The Morgan fingerprint density at radius 2 is 1.90 bits per heavy atom. The zero-order valence-electron chi connectivity index (χ0n) is 11.9. The van der Waals surface area contributed by atoms with Crippen molar-refractivity contribution in [2.45, 2.75) is 20.5 Å². The quantitative estimate of drug-likeness (QED) is 0.636. The van der Waals surface area contributed by atoms with Crippen molar-refractivity contribution in [3.63, 3.8) is 0 Å². The molecule has 0 fully saturated rings. The van der Waals surface area contributed by atoms with Gasteiger partial charge in [0.15, 0.2) is 0 Å². The van der Waals surface area contributed by atoms with Gasteiger partial charge < -0.3 is 9.47 Å². The molecule has 0 aliphatic carbocycles. The first-order valence-electron chi connectivity index (χ1n) is 6.52. The lowest BCUT2D eigenvalue weighted by molar-refractivity contribution is 0.0472. The van der Waals surface area contributed by atoms with Gasteiger partial charge in [-0.15, -0.1) is 5.26 Å². The molecule has 0 bridgehead atoms. The Morgan fingerprint density at radius 1 is 1.19 bits per heavy atom. The highest BCUT2D eigenvalue weighted by atomic mass is 16.5. The Kier molecular flexibility index (Phi) is 7.01. The van der Waals surface area contributed by atoms with Gasteiger partial charge in [0.1, 0.15) is 6.61 Å². The Balaban J connectivity index is 0.00000106. The van der Waals surface area contributed by atoms with Crippen LogP contribution in [0.1, 0.15) is 29.8 Å². The van der Waals surface area contributed by atoms with Crippen LogP contribution in [-0.2, 0) is 11.3 Å². The lowest BCUT2D eigenvalue weighted by Gasteiger charge is -2.04. The second-order valence-corrected chi connectivity index (χ2v) is 3.64. The van der Waals surface area contributed by atoms with Gasteiger partial charge in [-0.05, 0) is 11.6 Å². The zero-order chi connectivity index (χ0) is 15.5. The number of pyridine rings is 1. The summed E-state index contributed by atoms with van der Waals surface area (Å²) in [4.78, 5) is 15.5. The molecule has 0 unspecified atom stereocenters. The Bertz CT molecular complexity index is 589. The number of aromatic nitrogens is 1. The van der Waals surface area contributed by atoms with E-state index >= 15 is 0 Å². The van der Waals surface area contributed by atoms with Gasteiger partial charge in [0.05, 0.1) is 5.56 Å². The third-order valence-electron chi connectivity index (χ3n) is 2.34. The summed E-state index contributed by atoms with van der Waals surface area (Å²) in [6.07, 6.45) is 2.81. The first-order valence-corrected chi connectivity index (χ1v) is 6.52. The van der Waals surface area contributed by atoms with Crippen LogP contribution in [0.25, 0.3) is 0 Å². The van der Waals surface area contributed by atoms with Gasteiger partial charge in [0.25, 0.3) is 6.26 Å². The predicted octanol–water partition coefficient (Wildman–Crippen LogP) is 3.32. The molecule has 1 aromatic heterocycles. The molecule has 0 aliphatic rings. The molecule has 108 valence electrons. The zero-order valence-corrected chi connectivity index (χ0v) is 11.9. The average molecular weight is 284 g/mol. The molecule has 5 heteroatoms. The molecule has 0 aliphatic heterocycles. The Hall–Kier alpha value is -2.87. The van der Waals surface area contributed by atoms with Crippen LogP contribution in [-0.4, -0.2) is 11.0 Å². The van der Waals surface area contributed by atoms with E-state index in [9.17, 15) is 4.79 Å². The molecule has 0 spiro atoms. The number of esters is 1. The number of benzene rings is 1. The van der Waals surface area contributed by atoms with E-state index in [0.717, 1.165) is 5.56 Å². The monoisotopic (exact) mass is 284 g/mol. The number of carbonyl (C=O) groups excluding carboxylic acids is 1. The summed E-state index contributed by atoms with van der Waals surface area (Å²) in [5, 5.41) is 8.30. The van der Waals surface area contributed by atoms with Crippen LogP contribution >= 0.6 is 0 Å². The van der Waals surface area contributed by atoms with Crippen LogP contribution in [0.3, 0.4) is 0 Å². The molecule has 2 aromatic rings. The van der Waals surface area contributed by atoms with Gasteiger partial charge in [-0.25, -0.2) is 9.78 Å². The fourth-order valence-corrected chi connectivity index (χ4v) is 1.41. The standard InChI is InChI=1S/C14H10N2O3.C2H6/c15-10-19-13-7-6-12(8-16-13)14(17)18-9-11-4-2-1-3-5-11;1-2/h1-8H,9H2;1-2H3. The van der Waals surface area contributed by atoms with Crippen molar-refractivity contribution in [2.24, 2.45) is 0 Å². The summed E-state index contributed by atoms with van der Waals surface area (Å²) in [6.45, 7) is 4.20. The van der Waals surface area contributed by atoms with Crippen LogP contribution in [0.5, 0.6) is 5.88 Å². The van der Waals surface area contributed by atoms with Gasteiger partial charge in [0.2, 0.25) is 5.88 Å². The number of ether oxygens (including phenoxy) is 2. The van der Waals surface area contributed by atoms with Crippen LogP contribution < -0.4 is 4.74 Å². The van der Waals surface area contributed by atoms with Crippen LogP contribution in [0, 0.1) is 11.5 Å². The minimum atomic E-state index is -0.472. The van der Waals surface area contributed by atoms with Gasteiger partial charge >= 0.3 is 5.97 Å². The maximum absolute atomic E-state index is 11.7. The molecule has 0 saturated carbocycles. The highest BCUT2D eigenvalue weighted by Crippen LogP contribution is 2.09. The SMILES string of the molecule is CC.N#COc1ccc(C(=O)OCc2ccccc2)cn1. The van der Waals surface area contributed by atoms with E-state index < -0.39 is 5.97 Å². The molecule has 5 nitrogen and oxygen atoms in total. The van der Waals surface area contributed by atoms with Gasteiger partial charge in [-0.3, -0.25) is 0 Å². The minimum absolute atomic E-state index is 0.141. The van der Waals surface area contributed by atoms with Crippen molar-refractivity contribution < 1.29 is 14.3 Å². The molecule has 0 radical (unpaired) electrons. The topological polar surface area (TPSA) is 72.2 Å². The fraction of sp³-hybridized carbons (Fsp3) is 0.188. The van der Waals surface area contributed by atoms with Crippen molar-refractivity contribution in [1.82, 2.24) is 4.98 Å². The summed E-state index contributed by atoms with van der Waals surface area (Å²) in [5.41, 5.74) is 1.22. The van der Waals surface area contributed by atoms with Crippen molar-refractivity contribution in [3.05, 3.63) is 59.8 Å². The summed E-state index contributed by atoms with van der Waals surface area (Å²) in [5.74, 6) is -0.332. The molecule has 0 saturated heterocycles. The molecule has 1 heterocycles. The largest absolute Gasteiger partial charge is 0.457 e. The van der Waals surface area contributed by atoms with E-state index in [1.165, 1.54) is 24.6 Å². The van der Waals surface area contributed by atoms with Crippen LogP contribution in [0.2, 0.25) is 0 Å². The maximum Gasteiger partial charge on any atom is 0.340 e. The van der Waals surface area contributed by atoms with E-state index in [1.54, 1.807) is 0 Å². The lowest BCUT2D eigenvalue weighted by atomic mass is 10.2. The molecular weight excluding hydrogens is 268 g/mol. The summed E-state index contributed by atoms with van der Waals surface area (Å²) < 4.78 is 9.64. The summed E-state index contributed by atoms with van der Waals surface area (Å²) in [7, 11) is 0. The van der Waals surface area contributed by atoms with Crippen molar-refractivity contribution in [3.8, 4) is 12.1 Å². The third kappa shape index (κ3) is 5.33. The number of rotatable bonds is 4. The van der Waals surface area contributed by atoms with Crippen LogP contribution in [0.15, 0.2) is 48.7 Å². The average Bonchev–Trinajstić information content (AvgIpc) is 2.56. The van der Waals surface area contributed by atoms with E-state index in [1.807, 2.05) is 44.2 Å². The molecular formula is C16H16N2O3. The molecule has 0 amide bonds. The van der Waals surface area contributed by atoms with Gasteiger partial charge in [-0.2, -0.15) is 0 Å². The number of hydrogen-bond acceptors (Lipinski definition) is 5. The number of nitriles is 1. The Morgan fingerprint density at radius 3 is 2.48 bits per heavy atom. The number of nitrogens with zero attached hydrogens (tertiary/aromatic N) is 2.